The number of aromatic hydroxyl groups is 1. The van der Waals surface area contributed by atoms with Crippen molar-refractivity contribution in [3.63, 3.8) is 0 Å². The smallest absolute Gasteiger partial charge is 0.230 e. The van der Waals surface area contributed by atoms with E-state index in [2.05, 4.69) is 26.9 Å². The van der Waals surface area contributed by atoms with Crippen LogP contribution in [0.2, 0.25) is 0 Å². The van der Waals surface area contributed by atoms with Crippen molar-refractivity contribution >= 4 is 16.3 Å². The molecule has 1 unspecified atom stereocenters. The molecular formula is C17H20FN5OS. The first-order valence-corrected chi connectivity index (χ1v) is 9.07. The molecule has 3 aromatic rings. The Kier molecular flexibility index (Phi) is 4.18. The Morgan fingerprint density at radius 1 is 1.16 bits per heavy atom. The second-order valence-corrected chi connectivity index (χ2v) is 7.45. The first-order valence-electron chi connectivity index (χ1n) is 8.26. The van der Waals surface area contributed by atoms with Crippen LogP contribution in [0.25, 0.3) is 4.96 Å². The minimum atomic E-state index is -0.261. The van der Waals surface area contributed by atoms with Gasteiger partial charge in [-0.15, -0.1) is 5.10 Å². The van der Waals surface area contributed by atoms with Gasteiger partial charge in [0.25, 0.3) is 0 Å². The number of rotatable bonds is 3. The molecule has 0 radical (unpaired) electrons. The predicted octanol–water partition coefficient (Wildman–Crippen LogP) is 2.28. The third-order valence-corrected chi connectivity index (χ3v) is 5.72. The summed E-state index contributed by atoms with van der Waals surface area (Å²) >= 11 is 1.44. The van der Waals surface area contributed by atoms with Gasteiger partial charge in [-0.05, 0) is 31.7 Å². The summed E-state index contributed by atoms with van der Waals surface area (Å²) in [6, 6.07) is 6.38. The summed E-state index contributed by atoms with van der Waals surface area (Å²) in [5.74, 6) is 0.489. The number of thiazole rings is 1. The van der Waals surface area contributed by atoms with E-state index in [1.807, 2.05) is 0 Å². The number of piperazine rings is 1. The van der Waals surface area contributed by atoms with Crippen LogP contribution >= 0.6 is 11.3 Å². The van der Waals surface area contributed by atoms with E-state index in [1.54, 1.807) is 19.1 Å². The first kappa shape index (κ1) is 16.4. The summed E-state index contributed by atoms with van der Waals surface area (Å²) in [5, 5.41) is 15.0. The molecule has 0 saturated carbocycles. The van der Waals surface area contributed by atoms with Crippen molar-refractivity contribution in [1.82, 2.24) is 24.4 Å². The molecule has 3 heterocycles. The van der Waals surface area contributed by atoms with E-state index in [9.17, 15) is 9.50 Å². The summed E-state index contributed by atoms with van der Waals surface area (Å²) < 4.78 is 14.9. The molecule has 25 heavy (non-hydrogen) atoms. The van der Waals surface area contributed by atoms with Gasteiger partial charge in [0, 0.05) is 26.2 Å². The molecule has 0 amide bonds. The number of hydrogen-bond acceptors (Lipinski definition) is 6. The van der Waals surface area contributed by atoms with Crippen LogP contribution < -0.4 is 0 Å². The average molecular weight is 361 g/mol. The maximum Gasteiger partial charge on any atom is 0.230 e. The van der Waals surface area contributed by atoms with Gasteiger partial charge in [0.05, 0.1) is 10.9 Å². The maximum atomic E-state index is 13.4. The third kappa shape index (κ3) is 3.01. The van der Waals surface area contributed by atoms with Crippen LogP contribution in [-0.4, -0.2) is 62.7 Å². The highest BCUT2D eigenvalue weighted by molar-refractivity contribution is 7.17. The van der Waals surface area contributed by atoms with E-state index in [1.165, 1.54) is 28.0 Å². The number of hydrogen-bond donors (Lipinski definition) is 1. The van der Waals surface area contributed by atoms with E-state index in [0.29, 0.717) is 10.8 Å². The number of likely N-dealkylation sites (N-methyl/N-ethyl adjacent to an activating group) is 1. The topological polar surface area (TPSA) is 56.9 Å². The summed E-state index contributed by atoms with van der Waals surface area (Å²) in [7, 11) is 2.10. The molecular weight excluding hydrogens is 341 g/mol. The molecule has 1 aromatic carbocycles. The van der Waals surface area contributed by atoms with Crippen LogP contribution in [0.3, 0.4) is 0 Å². The van der Waals surface area contributed by atoms with E-state index in [-0.39, 0.29) is 17.7 Å². The van der Waals surface area contributed by atoms with Crippen molar-refractivity contribution in [1.29, 1.82) is 0 Å². The lowest BCUT2D eigenvalue weighted by atomic mass is 10.0. The molecule has 1 aliphatic rings. The van der Waals surface area contributed by atoms with E-state index >= 15 is 0 Å². The second kappa shape index (κ2) is 6.36. The van der Waals surface area contributed by atoms with Crippen LogP contribution in [0, 0.1) is 12.7 Å². The van der Waals surface area contributed by atoms with Gasteiger partial charge in [0.1, 0.15) is 11.6 Å². The summed E-state index contributed by atoms with van der Waals surface area (Å²) in [5.41, 5.74) is 0.961. The molecule has 0 aliphatic carbocycles. The van der Waals surface area contributed by atoms with Gasteiger partial charge in [0.2, 0.25) is 10.8 Å². The molecule has 0 spiro atoms. The lowest BCUT2D eigenvalue weighted by molar-refractivity contribution is 0.127. The maximum absolute atomic E-state index is 13.4. The Labute approximate surface area is 149 Å². The molecule has 1 fully saturated rings. The Morgan fingerprint density at radius 2 is 1.84 bits per heavy atom. The molecule has 8 heteroatoms. The fraction of sp³-hybridized carbons (Fsp3) is 0.412. The van der Waals surface area contributed by atoms with Crippen LogP contribution in [-0.2, 0) is 0 Å². The lowest BCUT2D eigenvalue weighted by Crippen LogP contribution is -2.46. The molecule has 0 bridgehead atoms. The fourth-order valence-corrected chi connectivity index (χ4v) is 4.44. The Bertz CT molecular complexity index is 882. The highest BCUT2D eigenvalue weighted by Gasteiger charge is 2.31. The zero-order valence-corrected chi connectivity index (χ0v) is 15.0. The van der Waals surface area contributed by atoms with Crippen molar-refractivity contribution < 1.29 is 9.50 Å². The summed E-state index contributed by atoms with van der Waals surface area (Å²) in [6.45, 7) is 5.47. The minimum absolute atomic E-state index is 0.119. The Morgan fingerprint density at radius 3 is 2.48 bits per heavy atom. The van der Waals surface area contributed by atoms with Gasteiger partial charge >= 0.3 is 0 Å². The standard InChI is InChI=1S/C17H20FN5OS/c1-11-19-17-23(20-11)16(24)15(25-17)14(12-3-5-13(18)6-4-12)22-9-7-21(2)8-10-22/h3-6,14,24H,7-10H2,1-2H3. The average Bonchev–Trinajstić information content (AvgIpc) is 3.09. The van der Waals surface area contributed by atoms with Gasteiger partial charge in [-0.3, -0.25) is 4.90 Å². The number of benzene rings is 1. The van der Waals surface area contributed by atoms with E-state index in [4.69, 9.17) is 0 Å². The molecule has 1 saturated heterocycles. The van der Waals surface area contributed by atoms with Gasteiger partial charge < -0.3 is 10.0 Å². The minimum Gasteiger partial charge on any atom is -0.492 e. The van der Waals surface area contributed by atoms with Crippen molar-refractivity contribution in [3.05, 3.63) is 46.3 Å². The fourth-order valence-electron chi connectivity index (χ4n) is 3.28. The zero-order chi connectivity index (χ0) is 17.6. The number of aryl methyl sites for hydroxylation is 1. The second-order valence-electron chi connectivity index (χ2n) is 6.44. The molecule has 1 atom stereocenters. The van der Waals surface area contributed by atoms with Gasteiger partial charge in [-0.25, -0.2) is 9.37 Å². The quantitative estimate of drug-likeness (QED) is 0.776. The van der Waals surface area contributed by atoms with Crippen LogP contribution in [0.1, 0.15) is 22.3 Å². The highest BCUT2D eigenvalue weighted by atomic mass is 32.1. The van der Waals surface area contributed by atoms with Crippen LogP contribution in [0.15, 0.2) is 24.3 Å². The molecule has 132 valence electrons. The molecule has 4 rings (SSSR count). The molecule has 1 aliphatic heterocycles. The van der Waals surface area contributed by atoms with Crippen molar-refractivity contribution in [2.45, 2.75) is 13.0 Å². The molecule has 1 N–H and O–H groups in total. The lowest BCUT2D eigenvalue weighted by Gasteiger charge is -2.37. The van der Waals surface area contributed by atoms with Crippen molar-refractivity contribution in [2.24, 2.45) is 0 Å². The van der Waals surface area contributed by atoms with E-state index < -0.39 is 0 Å². The van der Waals surface area contributed by atoms with Gasteiger partial charge in [-0.2, -0.15) is 4.52 Å². The van der Waals surface area contributed by atoms with Gasteiger partial charge in [-0.1, -0.05) is 23.5 Å². The van der Waals surface area contributed by atoms with Crippen molar-refractivity contribution in [2.75, 3.05) is 33.2 Å². The van der Waals surface area contributed by atoms with Gasteiger partial charge in [0.15, 0.2) is 0 Å². The molecule has 2 aromatic heterocycles. The largest absolute Gasteiger partial charge is 0.492 e. The molecule has 6 nitrogen and oxygen atoms in total. The third-order valence-electron chi connectivity index (χ3n) is 4.64. The number of halogens is 1. The number of nitrogens with zero attached hydrogens (tertiary/aromatic N) is 5. The monoisotopic (exact) mass is 361 g/mol. The Balaban J connectivity index is 1.79. The normalized spacial score (nSPS) is 18.0. The van der Waals surface area contributed by atoms with Crippen molar-refractivity contribution in [3.8, 4) is 5.88 Å². The SMILES string of the molecule is Cc1nc2sc(C(c3ccc(F)cc3)N3CCN(C)CC3)c(O)n2n1. The van der Waals surface area contributed by atoms with Crippen LogP contribution in [0.4, 0.5) is 4.39 Å². The van der Waals surface area contributed by atoms with E-state index in [0.717, 1.165) is 36.6 Å². The summed E-state index contributed by atoms with van der Waals surface area (Å²) in [6.07, 6.45) is 0. The zero-order valence-electron chi connectivity index (χ0n) is 14.2. The Hall–Kier alpha value is -2.03. The first-order chi connectivity index (χ1) is 12.0. The highest BCUT2D eigenvalue weighted by Crippen LogP contribution is 2.40. The predicted molar refractivity (Wildman–Crippen MR) is 94.6 cm³/mol. The summed E-state index contributed by atoms with van der Waals surface area (Å²) in [4.78, 5) is 10.4. The number of fused-ring (bicyclic) bond motifs is 1. The number of aromatic nitrogens is 3. The van der Waals surface area contributed by atoms with Crippen LogP contribution in [0.5, 0.6) is 5.88 Å².